The molecule has 0 bridgehead atoms. The molecule has 6 heteroatoms. The minimum absolute atomic E-state index is 0.0666. The van der Waals surface area contributed by atoms with E-state index in [9.17, 15) is 13.6 Å². The van der Waals surface area contributed by atoms with Gasteiger partial charge in [-0.05, 0) is 6.92 Å². The van der Waals surface area contributed by atoms with Gasteiger partial charge in [-0.15, -0.1) is 0 Å². The molecule has 2 aliphatic rings. The van der Waals surface area contributed by atoms with E-state index in [1.54, 1.807) is 6.92 Å². The van der Waals surface area contributed by atoms with Crippen LogP contribution >= 0.6 is 0 Å². The highest BCUT2D eigenvalue weighted by molar-refractivity contribution is 5.90. The van der Waals surface area contributed by atoms with Crippen molar-refractivity contribution in [3.8, 4) is 11.8 Å². The van der Waals surface area contributed by atoms with Crippen molar-refractivity contribution in [1.82, 2.24) is 10.2 Å². The Hall–Kier alpha value is -1.90. The smallest absolute Gasteiger partial charge is 0.359 e. The minimum atomic E-state index is -3.05. The number of rotatable bonds is 2. The maximum atomic E-state index is 13.8. The van der Waals surface area contributed by atoms with E-state index < -0.39 is 23.7 Å². The van der Waals surface area contributed by atoms with Crippen LogP contribution < -0.4 is 0 Å². The van der Waals surface area contributed by atoms with Crippen molar-refractivity contribution in [1.29, 1.82) is 0 Å². The van der Waals surface area contributed by atoms with E-state index in [0.29, 0.717) is 0 Å². The van der Waals surface area contributed by atoms with Gasteiger partial charge in [0.15, 0.2) is 5.69 Å². The Balaban J connectivity index is 2.08. The first-order valence-corrected chi connectivity index (χ1v) is 5.22. The lowest BCUT2D eigenvalue weighted by atomic mass is 9.84. The molecule has 1 N–H and O–H groups in total. The van der Waals surface area contributed by atoms with E-state index in [2.05, 4.69) is 22.0 Å². The van der Waals surface area contributed by atoms with Gasteiger partial charge in [0.2, 0.25) is 0 Å². The van der Waals surface area contributed by atoms with Gasteiger partial charge in [-0.25, -0.2) is 4.79 Å². The average molecular weight is 238 g/mol. The number of aromatic amines is 1. The molecule has 4 nitrogen and oxygen atoms in total. The fourth-order valence-electron chi connectivity index (χ4n) is 2.21. The van der Waals surface area contributed by atoms with Gasteiger partial charge in [0, 0.05) is 5.56 Å². The van der Waals surface area contributed by atoms with Crippen LogP contribution in [-0.2, 0) is 10.7 Å². The molecule has 0 spiro atoms. The molecule has 2 atom stereocenters. The number of nitrogens with one attached hydrogen (secondary N) is 1. The fraction of sp³-hybridized carbons (Fsp3) is 0.455. The molecule has 3 rings (SSSR count). The number of nitrogens with zero attached hydrogens (tertiary/aromatic N) is 1. The highest BCUT2D eigenvalue weighted by Gasteiger charge is 2.59. The third-order valence-corrected chi connectivity index (χ3v) is 3.04. The molecule has 0 fully saturated rings. The molecule has 1 heterocycles. The first kappa shape index (κ1) is 10.3. The van der Waals surface area contributed by atoms with Gasteiger partial charge in [0.05, 0.1) is 12.5 Å². The van der Waals surface area contributed by atoms with Crippen molar-refractivity contribution in [2.45, 2.75) is 18.8 Å². The molecule has 1 aromatic rings. The molecule has 0 saturated carbocycles. The fourth-order valence-corrected chi connectivity index (χ4v) is 2.21. The summed E-state index contributed by atoms with van der Waals surface area (Å²) in [4.78, 5) is 11.6. The quantitative estimate of drug-likeness (QED) is 0.626. The van der Waals surface area contributed by atoms with E-state index in [1.807, 2.05) is 0 Å². The number of H-pyrrole nitrogens is 1. The predicted octanol–water partition coefficient (Wildman–Crippen LogP) is 1.41. The number of carbonyl (C=O) groups is 1. The summed E-state index contributed by atoms with van der Waals surface area (Å²) >= 11 is 0. The molecule has 0 aliphatic heterocycles. The standard InChI is InChI=1S/C11H8F2N2O2/c1-2-17-10(16)8-7-5-3-4-6(5)11(12,13)9(7)15-14-8/h5-6H,2H2,1H3,(H,14,15)/t5-,6+/m0/s1. The second kappa shape index (κ2) is 3.06. The monoisotopic (exact) mass is 238 g/mol. The molecule has 0 unspecified atom stereocenters. The maximum Gasteiger partial charge on any atom is 0.359 e. The van der Waals surface area contributed by atoms with Crippen molar-refractivity contribution in [2.75, 3.05) is 6.61 Å². The van der Waals surface area contributed by atoms with E-state index >= 15 is 0 Å². The summed E-state index contributed by atoms with van der Waals surface area (Å²) in [6.07, 6.45) is 0. The van der Waals surface area contributed by atoms with Crippen LogP contribution in [0.2, 0.25) is 0 Å². The Morgan fingerprint density at radius 1 is 1.59 bits per heavy atom. The van der Waals surface area contributed by atoms with Crippen LogP contribution in [0.3, 0.4) is 0 Å². The highest BCUT2D eigenvalue weighted by atomic mass is 19.3. The van der Waals surface area contributed by atoms with Crippen LogP contribution in [0.1, 0.15) is 34.6 Å². The van der Waals surface area contributed by atoms with Crippen molar-refractivity contribution in [2.24, 2.45) is 5.92 Å². The highest BCUT2D eigenvalue weighted by Crippen LogP contribution is 2.55. The lowest BCUT2D eigenvalue weighted by Crippen LogP contribution is -2.26. The number of fused-ring (bicyclic) bond motifs is 3. The number of ether oxygens (including phenoxy) is 1. The second-order valence-electron chi connectivity index (χ2n) is 3.95. The summed E-state index contributed by atoms with van der Waals surface area (Å²) in [7, 11) is 0. The van der Waals surface area contributed by atoms with Crippen molar-refractivity contribution >= 4 is 5.97 Å². The average Bonchev–Trinajstić information content (AvgIpc) is 2.65. The van der Waals surface area contributed by atoms with E-state index in [4.69, 9.17) is 4.74 Å². The second-order valence-corrected chi connectivity index (χ2v) is 3.95. The summed E-state index contributed by atoms with van der Waals surface area (Å²) in [6, 6.07) is 0. The van der Waals surface area contributed by atoms with Crippen LogP contribution in [-0.4, -0.2) is 22.8 Å². The minimum Gasteiger partial charge on any atom is -0.461 e. The molecule has 0 radical (unpaired) electrons. The SMILES string of the molecule is CCOC(=O)c1n[nH]c2c1[C@H]1C#C[C@H]1C2(F)F. The van der Waals surface area contributed by atoms with Crippen LogP contribution in [0.15, 0.2) is 0 Å². The molecular weight excluding hydrogens is 230 g/mol. The lowest BCUT2D eigenvalue weighted by molar-refractivity contribution is -0.0412. The summed E-state index contributed by atoms with van der Waals surface area (Å²) in [5.41, 5.74) is -0.173. The zero-order valence-electron chi connectivity index (χ0n) is 8.88. The van der Waals surface area contributed by atoms with E-state index in [0.717, 1.165) is 0 Å². The molecule has 88 valence electrons. The van der Waals surface area contributed by atoms with Crippen molar-refractivity contribution in [3.63, 3.8) is 0 Å². The normalized spacial score (nSPS) is 26.3. The summed E-state index contributed by atoms with van der Waals surface area (Å²) < 4.78 is 32.3. The first-order chi connectivity index (χ1) is 8.07. The number of halogens is 2. The topological polar surface area (TPSA) is 55.0 Å². The molecule has 0 amide bonds. The lowest BCUT2D eigenvalue weighted by Gasteiger charge is -2.22. The number of hydrogen-bond acceptors (Lipinski definition) is 3. The van der Waals surface area contributed by atoms with Gasteiger partial charge in [-0.3, -0.25) is 5.10 Å². The Bertz CT molecular complexity index is 568. The molecule has 0 saturated heterocycles. The summed E-state index contributed by atoms with van der Waals surface area (Å²) in [6.45, 7) is 1.82. The van der Waals surface area contributed by atoms with E-state index in [-0.39, 0.29) is 23.6 Å². The van der Waals surface area contributed by atoms with Crippen LogP contribution in [0, 0.1) is 17.8 Å². The van der Waals surface area contributed by atoms with Gasteiger partial charge < -0.3 is 4.74 Å². The molecule has 0 aromatic carbocycles. The van der Waals surface area contributed by atoms with Crippen LogP contribution in [0.4, 0.5) is 8.78 Å². The zero-order chi connectivity index (χ0) is 12.2. The van der Waals surface area contributed by atoms with Gasteiger partial charge in [-0.1, -0.05) is 11.8 Å². The summed E-state index contributed by atoms with van der Waals surface area (Å²) in [5, 5.41) is 5.86. The number of alkyl halides is 2. The third kappa shape index (κ3) is 1.11. The van der Waals surface area contributed by atoms with Gasteiger partial charge in [0.25, 0.3) is 0 Å². The van der Waals surface area contributed by atoms with Crippen LogP contribution in [0.25, 0.3) is 0 Å². The molecule has 1 aromatic heterocycles. The van der Waals surface area contributed by atoms with Crippen molar-refractivity contribution < 1.29 is 18.3 Å². The van der Waals surface area contributed by atoms with Gasteiger partial charge in [-0.2, -0.15) is 13.9 Å². The number of aromatic nitrogens is 2. The third-order valence-electron chi connectivity index (χ3n) is 3.04. The van der Waals surface area contributed by atoms with Crippen LogP contribution in [0.5, 0.6) is 0 Å². The zero-order valence-corrected chi connectivity index (χ0v) is 8.88. The summed E-state index contributed by atoms with van der Waals surface area (Å²) in [5.74, 6) is -0.290. The van der Waals surface area contributed by atoms with Crippen molar-refractivity contribution in [3.05, 3.63) is 17.0 Å². The van der Waals surface area contributed by atoms with E-state index in [1.165, 1.54) is 0 Å². The maximum absolute atomic E-state index is 13.8. The number of hydrogen-bond donors (Lipinski definition) is 1. The Morgan fingerprint density at radius 3 is 2.94 bits per heavy atom. The Kier molecular flexibility index (Phi) is 1.85. The Morgan fingerprint density at radius 2 is 2.35 bits per heavy atom. The number of carbonyl (C=O) groups excluding carboxylic acids is 1. The number of esters is 1. The molecule has 2 aliphatic carbocycles. The van der Waals surface area contributed by atoms with Gasteiger partial charge in [0.1, 0.15) is 11.6 Å². The predicted molar refractivity (Wildman–Crippen MR) is 52.4 cm³/mol. The molecular formula is C11H8F2N2O2. The largest absolute Gasteiger partial charge is 0.461 e. The Labute approximate surface area is 95.3 Å². The molecule has 17 heavy (non-hydrogen) atoms. The first-order valence-electron chi connectivity index (χ1n) is 5.22. The van der Waals surface area contributed by atoms with Gasteiger partial charge >= 0.3 is 11.9 Å².